The van der Waals surface area contributed by atoms with Crippen LogP contribution in [0.3, 0.4) is 0 Å². The number of carbonyl (C=O) groups is 1. The van der Waals surface area contributed by atoms with Crippen LogP contribution in [0, 0.1) is 25.2 Å². The number of aromatic nitrogens is 2. The lowest BCUT2D eigenvalue weighted by Gasteiger charge is -2.16. The number of hydrogen-bond acceptors (Lipinski definition) is 25. The highest BCUT2D eigenvalue weighted by molar-refractivity contribution is 7.99. The second-order valence-corrected chi connectivity index (χ2v) is 29.3. The van der Waals surface area contributed by atoms with Crippen LogP contribution in [0.4, 0.5) is 51.2 Å². The monoisotopic (exact) mass is 1400 g/mol. The molecule has 1 unspecified atom stereocenters. The molecule has 4 aromatic carbocycles. The fraction of sp³-hybridized carbons (Fsp3) is 0.275. The Labute approximate surface area is 528 Å². The van der Waals surface area contributed by atoms with E-state index in [1.165, 1.54) is 81.5 Å². The number of aryl methyl sites for hydroxylation is 1. The van der Waals surface area contributed by atoms with Crippen LogP contribution in [-0.2, 0) is 55.4 Å². The van der Waals surface area contributed by atoms with Crippen LogP contribution >= 0.6 is 35.0 Å². The van der Waals surface area contributed by atoms with Crippen LogP contribution in [0.15, 0.2) is 117 Å². The van der Waals surface area contributed by atoms with Gasteiger partial charge in [0, 0.05) is 29.5 Å². The van der Waals surface area contributed by atoms with Crippen molar-refractivity contribution in [2.45, 2.75) is 61.5 Å². The summed E-state index contributed by atoms with van der Waals surface area (Å²) in [4.78, 5) is 16.8. The third-order valence-electron chi connectivity index (χ3n) is 12.5. The minimum Gasteiger partial charge on any atom is -0.493 e. The third-order valence-corrected chi connectivity index (χ3v) is 19.1. The van der Waals surface area contributed by atoms with Crippen LogP contribution in [-0.4, -0.2) is 126 Å². The molecule has 0 spiro atoms. The molecule has 478 valence electrons. The molecule has 0 radical (unpaired) electrons. The minimum absolute atomic E-state index is 0.0255. The summed E-state index contributed by atoms with van der Waals surface area (Å²) in [5, 5.41) is 58.5. The Morgan fingerprint density at radius 3 is 1.84 bits per heavy atom. The molecule has 2 aromatic heterocycles. The first-order chi connectivity index (χ1) is 41.9. The highest BCUT2D eigenvalue weighted by Crippen LogP contribution is 2.46. The number of amides is 1. The Kier molecular flexibility index (Phi) is 21.9. The molecule has 1 atom stereocenters. The number of benzene rings is 4. The van der Waals surface area contributed by atoms with Crippen LogP contribution in [0.2, 0.25) is 10.0 Å². The van der Waals surface area contributed by atoms with Crippen molar-refractivity contribution >= 4 is 160 Å². The van der Waals surface area contributed by atoms with Gasteiger partial charge in [0.25, 0.3) is 50.6 Å². The van der Waals surface area contributed by atoms with E-state index in [0.29, 0.717) is 5.56 Å². The van der Waals surface area contributed by atoms with Gasteiger partial charge in [0.1, 0.15) is 61.2 Å². The lowest BCUT2D eigenvalue weighted by atomic mass is 10.1. The molecule has 2 heterocycles. The van der Waals surface area contributed by atoms with Gasteiger partial charge in [-0.2, -0.15) is 57.6 Å². The number of aromatic hydroxyl groups is 1. The Bertz CT molecular complexity index is 4710. The summed E-state index contributed by atoms with van der Waals surface area (Å²) in [5.41, 5.74) is -0.0332. The number of halogens is 2. The fourth-order valence-corrected chi connectivity index (χ4v) is 12.3. The molecule has 0 saturated carbocycles. The first-order valence-corrected chi connectivity index (χ1v) is 35.0. The molecule has 0 fully saturated rings. The maximum Gasteiger partial charge on any atom is 0.296 e. The quantitative estimate of drug-likeness (QED) is 0.0115. The molecule has 39 heteroatoms. The summed E-state index contributed by atoms with van der Waals surface area (Å²) < 4.78 is 177. The van der Waals surface area contributed by atoms with Crippen molar-refractivity contribution in [1.29, 1.82) is 5.26 Å². The summed E-state index contributed by atoms with van der Waals surface area (Å²) in [6.45, 7) is 4.76. The van der Waals surface area contributed by atoms with Crippen LogP contribution in [0.25, 0.3) is 17.8 Å². The summed E-state index contributed by atoms with van der Waals surface area (Å²) in [7, 11) is -22.7. The van der Waals surface area contributed by atoms with Gasteiger partial charge in [0.2, 0.25) is 11.8 Å². The molecule has 31 nitrogen and oxygen atoms in total. The SMILES string of the molecule is CC(=O)Nc1cc(N=Nc2cc(OCCCS(=O)(=O)O)c(N=Nc3c(C)c(C#N)c4nc5c(n4c3O)C=CC(C)(S(=O)(=O)O)C=C5)cc2C)c(SCCCS(=O)(=O)O)cc1N=Nc1cc(Cl)c(N=Nc2ccc(Cl)c(S(=O)(=O)O)c2)cc1OCCCS(=O)(=O)O. The highest BCUT2D eigenvalue weighted by atomic mass is 35.5. The van der Waals surface area contributed by atoms with Crippen molar-refractivity contribution in [3.8, 4) is 23.4 Å². The van der Waals surface area contributed by atoms with E-state index in [4.69, 9.17) is 32.7 Å². The molecule has 6 aromatic rings. The van der Waals surface area contributed by atoms with Crippen molar-refractivity contribution < 1.29 is 84.2 Å². The van der Waals surface area contributed by atoms with E-state index in [9.17, 15) is 80.0 Å². The summed E-state index contributed by atoms with van der Waals surface area (Å²) in [5.74, 6) is -3.47. The van der Waals surface area contributed by atoms with Gasteiger partial charge < -0.3 is 19.9 Å². The number of fused-ring (bicyclic) bond motifs is 3. The summed E-state index contributed by atoms with van der Waals surface area (Å²) >= 11 is 13.6. The maximum atomic E-state index is 12.7. The number of nitrogens with one attached hydrogen (secondary N) is 1. The molecule has 1 aliphatic rings. The summed E-state index contributed by atoms with van der Waals surface area (Å²) in [6, 6.07) is 13.3. The van der Waals surface area contributed by atoms with E-state index >= 15 is 0 Å². The zero-order valence-electron chi connectivity index (χ0n) is 47.0. The molecular formula is C51H50Cl2N12O19S6. The van der Waals surface area contributed by atoms with Crippen LogP contribution in [0.1, 0.15) is 61.2 Å². The summed E-state index contributed by atoms with van der Waals surface area (Å²) in [6.07, 6.45) is 4.38. The van der Waals surface area contributed by atoms with E-state index in [0.717, 1.165) is 34.4 Å². The molecule has 7 N–H and O–H groups in total. The van der Waals surface area contributed by atoms with Gasteiger partial charge in [-0.1, -0.05) is 35.4 Å². The van der Waals surface area contributed by atoms with Gasteiger partial charge in [-0.15, -0.1) is 42.4 Å². The second-order valence-electron chi connectivity index (χ2n) is 19.4. The Morgan fingerprint density at radius 1 is 0.689 bits per heavy atom. The molecule has 1 aliphatic carbocycles. The number of anilines is 1. The van der Waals surface area contributed by atoms with Gasteiger partial charge >= 0.3 is 0 Å². The van der Waals surface area contributed by atoms with Gasteiger partial charge in [0.05, 0.1) is 69.0 Å². The lowest BCUT2D eigenvalue weighted by molar-refractivity contribution is -0.114. The largest absolute Gasteiger partial charge is 0.493 e. The number of rotatable bonds is 26. The smallest absolute Gasteiger partial charge is 0.296 e. The van der Waals surface area contributed by atoms with Gasteiger partial charge in [-0.25, -0.2) is 4.98 Å². The number of azo groups is 4. The molecule has 7 rings (SSSR count). The average Bonchev–Trinajstić information content (AvgIpc) is 1.57. The zero-order valence-corrected chi connectivity index (χ0v) is 53.4. The van der Waals surface area contributed by atoms with Crippen molar-refractivity contribution in [3.63, 3.8) is 0 Å². The number of pyridine rings is 1. The minimum atomic E-state index is -4.77. The number of imidazole rings is 1. The van der Waals surface area contributed by atoms with Gasteiger partial charge in [0.15, 0.2) is 11.3 Å². The van der Waals surface area contributed by atoms with Crippen molar-refractivity contribution in [3.05, 3.63) is 105 Å². The Morgan fingerprint density at radius 2 is 1.24 bits per heavy atom. The van der Waals surface area contributed by atoms with Crippen LogP contribution in [0.5, 0.6) is 17.4 Å². The molecule has 0 bridgehead atoms. The predicted octanol–water partition coefficient (Wildman–Crippen LogP) is 12.1. The average molecular weight is 1400 g/mol. The number of thioether (sulfide) groups is 1. The first kappa shape index (κ1) is 69.8. The number of nitrogens with zero attached hydrogens (tertiary/aromatic N) is 11. The van der Waals surface area contributed by atoms with E-state index in [2.05, 4.69) is 51.2 Å². The normalized spacial score (nSPS) is 14.9. The number of nitriles is 1. The van der Waals surface area contributed by atoms with Crippen molar-refractivity contribution in [1.82, 2.24) is 9.38 Å². The molecule has 0 saturated heterocycles. The number of ether oxygens (including phenoxy) is 2. The van der Waals surface area contributed by atoms with E-state index in [1.807, 2.05) is 6.07 Å². The third kappa shape index (κ3) is 18.3. The number of carbonyl (C=O) groups excluding carboxylic acids is 1. The van der Waals surface area contributed by atoms with E-state index in [-0.39, 0.29) is 144 Å². The first-order valence-electron chi connectivity index (χ1n) is 25.6. The Hall–Kier alpha value is -7.71. The lowest BCUT2D eigenvalue weighted by Crippen LogP contribution is -2.29. The maximum absolute atomic E-state index is 12.7. The van der Waals surface area contributed by atoms with Crippen LogP contribution < -0.4 is 14.8 Å². The van der Waals surface area contributed by atoms with E-state index < -0.39 is 89.3 Å². The highest BCUT2D eigenvalue weighted by Gasteiger charge is 2.35. The fourth-order valence-electron chi connectivity index (χ4n) is 7.99. The standard InChI is InChI=1S/C51H50Cl2N12O19S6/c1-28-20-40(62-64-48-29(2)32(27-54)49-56-35-10-12-51(4,90(80,81)82)13-11-43(35)65(49)50(48)67)44(83-14-5-17-86(68,69)70)24-36(28)58-63-42-23-38(55-30(3)66)39(26-46(42)85-16-7-19-88(74,75)76)60-61-41-22-34(53)37(25-45(41)84-15-6-18-87(71,72)73)59-57-31-8-9-33(52)47(21-31)89(77,78)79/h8-13,20-26,67H,5-7,14-19H2,1-4H3,(H,55,66)(H,68,69,70)(H,71,72,73)(H,74,75,76)(H,77,78,79)(H,80,81,82). The Balaban J connectivity index is 1.31. The van der Waals surface area contributed by atoms with E-state index in [1.54, 1.807) is 6.92 Å². The molecule has 1 amide bonds. The predicted molar refractivity (Wildman–Crippen MR) is 330 cm³/mol. The molecular weight excluding hydrogens is 1350 g/mol. The molecule has 90 heavy (non-hydrogen) atoms. The van der Waals surface area contributed by atoms with Gasteiger partial charge in [-0.05, 0) is 106 Å². The zero-order chi connectivity index (χ0) is 66.3. The van der Waals surface area contributed by atoms with Gasteiger partial charge in [-0.3, -0.25) is 32.0 Å². The van der Waals surface area contributed by atoms with Crippen molar-refractivity contribution in [2.24, 2.45) is 40.9 Å². The number of hydrogen-bond donors (Lipinski definition) is 7. The topological polar surface area (TPSA) is 480 Å². The second kappa shape index (κ2) is 28.2. The van der Waals surface area contributed by atoms with Crippen molar-refractivity contribution in [2.75, 3.05) is 41.5 Å². The molecule has 0 aliphatic heterocycles.